The van der Waals surface area contributed by atoms with Gasteiger partial charge in [0.25, 0.3) is 11.8 Å². The standard InChI is InChI=1S/C18H17ClN2O3/c1-11-10-21(15-8-4-7-14(19)16(15)24-11)18(23)13-6-3-5-12(9-13)17(22)20-2/h3-9,11H,10H2,1-2H3,(H,20,22). The van der Waals surface area contributed by atoms with Crippen molar-refractivity contribution in [3.63, 3.8) is 0 Å². The number of anilines is 1. The fourth-order valence-corrected chi connectivity index (χ4v) is 2.92. The van der Waals surface area contributed by atoms with Crippen LogP contribution >= 0.6 is 11.6 Å². The Morgan fingerprint density at radius 1 is 1.21 bits per heavy atom. The first-order valence-electron chi connectivity index (χ1n) is 7.60. The Kier molecular flexibility index (Phi) is 4.44. The molecule has 1 heterocycles. The molecule has 1 atom stereocenters. The minimum absolute atomic E-state index is 0.177. The number of nitrogens with zero attached hydrogens (tertiary/aromatic N) is 1. The van der Waals surface area contributed by atoms with E-state index in [4.69, 9.17) is 16.3 Å². The van der Waals surface area contributed by atoms with E-state index >= 15 is 0 Å². The van der Waals surface area contributed by atoms with Crippen LogP contribution in [0.4, 0.5) is 5.69 Å². The summed E-state index contributed by atoms with van der Waals surface area (Å²) < 4.78 is 5.77. The highest BCUT2D eigenvalue weighted by Crippen LogP contribution is 2.39. The number of carbonyl (C=O) groups is 2. The molecule has 5 nitrogen and oxygen atoms in total. The van der Waals surface area contributed by atoms with E-state index in [0.717, 1.165) is 0 Å². The van der Waals surface area contributed by atoms with Crippen LogP contribution in [0, 0.1) is 0 Å². The van der Waals surface area contributed by atoms with Crippen molar-refractivity contribution in [1.29, 1.82) is 0 Å². The molecule has 0 fully saturated rings. The van der Waals surface area contributed by atoms with Gasteiger partial charge in [-0.05, 0) is 37.3 Å². The SMILES string of the molecule is CNC(=O)c1cccc(C(=O)N2CC(C)Oc3c(Cl)cccc32)c1. The lowest BCUT2D eigenvalue weighted by molar-refractivity contribution is 0.0961. The van der Waals surface area contributed by atoms with Crippen molar-refractivity contribution < 1.29 is 14.3 Å². The van der Waals surface area contributed by atoms with Crippen molar-refractivity contribution in [3.05, 3.63) is 58.6 Å². The van der Waals surface area contributed by atoms with Crippen LogP contribution in [0.3, 0.4) is 0 Å². The average molecular weight is 345 g/mol. The molecular weight excluding hydrogens is 328 g/mol. The number of benzene rings is 2. The summed E-state index contributed by atoms with van der Waals surface area (Å²) in [6.07, 6.45) is -0.177. The third-order valence-electron chi connectivity index (χ3n) is 3.84. The van der Waals surface area contributed by atoms with Gasteiger partial charge in [0.05, 0.1) is 17.3 Å². The fraction of sp³-hybridized carbons (Fsp3) is 0.222. The van der Waals surface area contributed by atoms with Gasteiger partial charge in [-0.3, -0.25) is 9.59 Å². The summed E-state index contributed by atoms with van der Waals surface area (Å²) in [6.45, 7) is 2.30. The Balaban J connectivity index is 1.99. The van der Waals surface area contributed by atoms with Gasteiger partial charge < -0.3 is 15.0 Å². The van der Waals surface area contributed by atoms with Gasteiger partial charge in [-0.25, -0.2) is 0 Å². The predicted octanol–water partition coefficient (Wildman–Crippen LogP) is 3.13. The second-order valence-corrected chi connectivity index (χ2v) is 6.00. The first-order chi connectivity index (χ1) is 11.5. The Morgan fingerprint density at radius 2 is 1.92 bits per heavy atom. The number of fused-ring (bicyclic) bond motifs is 1. The predicted molar refractivity (Wildman–Crippen MR) is 93.1 cm³/mol. The molecule has 124 valence electrons. The monoisotopic (exact) mass is 344 g/mol. The summed E-state index contributed by atoms with van der Waals surface area (Å²) in [4.78, 5) is 26.4. The van der Waals surface area contributed by atoms with Crippen LogP contribution in [0.25, 0.3) is 0 Å². The summed E-state index contributed by atoms with van der Waals surface area (Å²) in [5.41, 5.74) is 1.52. The molecule has 0 saturated carbocycles. The molecular formula is C18H17ClN2O3. The van der Waals surface area contributed by atoms with Crippen LogP contribution in [-0.4, -0.2) is 31.5 Å². The highest BCUT2D eigenvalue weighted by molar-refractivity contribution is 6.32. The molecule has 1 aliphatic rings. The largest absolute Gasteiger partial charge is 0.485 e. The van der Waals surface area contributed by atoms with E-state index in [1.807, 2.05) is 6.92 Å². The molecule has 3 rings (SSSR count). The highest BCUT2D eigenvalue weighted by atomic mass is 35.5. The Morgan fingerprint density at radius 3 is 2.67 bits per heavy atom. The molecule has 2 aromatic rings. The summed E-state index contributed by atoms with van der Waals surface area (Å²) >= 11 is 6.19. The van der Waals surface area contributed by atoms with E-state index in [-0.39, 0.29) is 17.9 Å². The van der Waals surface area contributed by atoms with Gasteiger partial charge in [-0.15, -0.1) is 0 Å². The molecule has 1 N–H and O–H groups in total. The Bertz CT molecular complexity index is 807. The van der Waals surface area contributed by atoms with E-state index in [0.29, 0.717) is 34.1 Å². The van der Waals surface area contributed by atoms with Gasteiger partial charge in [0, 0.05) is 18.2 Å². The van der Waals surface area contributed by atoms with Gasteiger partial charge in [0.1, 0.15) is 6.10 Å². The third-order valence-corrected chi connectivity index (χ3v) is 4.14. The van der Waals surface area contributed by atoms with Crippen molar-refractivity contribution in [1.82, 2.24) is 5.32 Å². The quantitative estimate of drug-likeness (QED) is 0.910. The second-order valence-electron chi connectivity index (χ2n) is 5.59. The zero-order valence-corrected chi connectivity index (χ0v) is 14.1. The molecule has 1 aliphatic heterocycles. The number of ether oxygens (including phenoxy) is 1. The second kappa shape index (κ2) is 6.53. The molecule has 0 bridgehead atoms. The van der Waals surface area contributed by atoms with Gasteiger partial charge >= 0.3 is 0 Å². The molecule has 0 aromatic heterocycles. The van der Waals surface area contributed by atoms with Crippen LogP contribution in [-0.2, 0) is 0 Å². The van der Waals surface area contributed by atoms with Crippen LogP contribution in [0.5, 0.6) is 5.75 Å². The van der Waals surface area contributed by atoms with E-state index in [1.54, 1.807) is 54.4 Å². The normalized spacial score (nSPS) is 16.1. The van der Waals surface area contributed by atoms with Gasteiger partial charge in [-0.2, -0.15) is 0 Å². The topological polar surface area (TPSA) is 58.6 Å². The number of carbonyl (C=O) groups excluding carboxylic acids is 2. The Labute approximate surface area is 145 Å². The average Bonchev–Trinajstić information content (AvgIpc) is 2.60. The molecule has 0 spiro atoms. The Hall–Kier alpha value is -2.53. The van der Waals surface area contributed by atoms with E-state index in [1.165, 1.54) is 0 Å². The minimum Gasteiger partial charge on any atom is -0.485 e. The molecule has 2 amide bonds. The molecule has 2 aromatic carbocycles. The lowest BCUT2D eigenvalue weighted by Crippen LogP contribution is -2.42. The zero-order valence-electron chi connectivity index (χ0n) is 13.4. The highest BCUT2D eigenvalue weighted by Gasteiger charge is 2.29. The van der Waals surface area contributed by atoms with Gasteiger partial charge in [0.15, 0.2) is 5.75 Å². The molecule has 24 heavy (non-hydrogen) atoms. The van der Waals surface area contributed by atoms with Gasteiger partial charge in [0.2, 0.25) is 0 Å². The maximum Gasteiger partial charge on any atom is 0.258 e. The van der Waals surface area contributed by atoms with Crippen molar-refractivity contribution in [3.8, 4) is 5.75 Å². The molecule has 0 radical (unpaired) electrons. The van der Waals surface area contributed by atoms with Crippen LogP contribution < -0.4 is 15.0 Å². The third kappa shape index (κ3) is 2.95. The molecule has 6 heteroatoms. The van der Waals surface area contributed by atoms with E-state index in [9.17, 15) is 9.59 Å². The molecule has 0 saturated heterocycles. The lowest BCUT2D eigenvalue weighted by Gasteiger charge is -2.34. The fourth-order valence-electron chi connectivity index (χ4n) is 2.71. The van der Waals surface area contributed by atoms with Crippen molar-refractivity contribution in [2.75, 3.05) is 18.5 Å². The summed E-state index contributed by atoms with van der Waals surface area (Å²) in [5.74, 6) is 0.0802. The maximum absolute atomic E-state index is 13.0. The van der Waals surface area contributed by atoms with Crippen molar-refractivity contribution >= 4 is 29.1 Å². The summed E-state index contributed by atoms with van der Waals surface area (Å²) in [6, 6.07) is 12.0. The number of nitrogens with one attached hydrogen (secondary N) is 1. The number of halogens is 1. The zero-order chi connectivity index (χ0) is 17.3. The number of rotatable bonds is 2. The first kappa shape index (κ1) is 16.3. The smallest absolute Gasteiger partial charge is 0.258 e. The summed E-state index contributed by atoms with van der Waals surface area (Å²) in [7, 11) is 1.55. The molecule has 1 unspecified atom stereocenters. The lowest BCUT2D eigenvalue weighted by atomic mass is 10.1. The van der Waals surface area contributed by atoms with E-state index in [2.05, 4.69) is 5.32 Å². The van der Waals surface area contributed by atoms with Gasteiger partial charge in [-0.1, -0.05) is 23.7 Å². The minimum atomic E-state index is -0.233. The number of para-hydroxylation sites is 1. The van der Waals surface area contributed by atoms with Crippen LogP contribution in [0.2, 0.25) is 5.02 Å². The summed E-state index contributed by atoms with van der Waals surface area (Å²) in [5, 5.41) is 3.02. The van der Waals surface area contributed by atoms with Crippen molar-refractivity contribution in [2.45, 2.75) is 13.0 Å². The first-order valence-corrected chi connectivity index (χ1v) is 7.98. The van der Waals surface area contributed by atoms with Crippen LogP contribution in [0.15, 0.2) is 42.5 Å². The van der Waals surface area contributed by atoms with Crippen molar-refractivity contribution in [2.24, 2.45) is 0 Å². The maximum atomic E-state index is 13.0. The molecule has 0 aliphatic carbocycles. The number of hydrogen-bond acceptors (Lipinski definition) is 3. The van der Waals surface area contributed by atoms with E-state index < -0.39 is 0 Å². The number of hydrogen-bond donors (Lipinski definition) is 1. The van der Waals surface area contributed by atoms with Crippen LogP contribution in [0.1, 0.15) is 27.6 Å². The number of amides is 2.